The van der Waals surface area contributed by atoms with E-state index >= 15 is 0 Å². The number of rotatable bonds is 2. The van der Waals surface area contributed by atoms with Crippen LogP contribution in [0.15, 0.2) is 12.2 Å². The lowest BCUT2D eigenvalue weighted by Crippen LogP contribution is -2.47. The molecule has 1 heterocycles. The molecule has 0 radical (unpaired) electrons. The third-order valence-electron chi connectivity index (χ3n) is 2.57. The predicted octanol–water partition coefficient (Wildman–Crippen LogP) is 1.12. The van der Waals surface area contributed by atoms with Crippen LogP contribution < -0.4 is 0 Å². The minimum Gasteiger partial charge on any atom is -0.467 e. The van der Waals surface area contributed by atoms with Crippen LogP contribution in [0.4, 0.5) is 0 Å². The first-order chi connectivity index (χ1) is 7.20. The number of ether oxygens (including phenoxy) is 1. The minimum atomic E-state index is -0.396. The highest BCUT2D eigenvalue weighted by Gasteiger charge is 2.31. The van der Waals surface area contributed by atoms with Crippen LogP contribution in [0.3, 0.4) is 0 Å². The number of piperidine rings is 1. The molecule has 0 aromatic heterocycles. The second-order valence-corrected chi connectivity index (χ2v) is 3.57. The Morgan fingerprint density at radius 2 is 2.13 bits per heavy atom. The fraction of sp³-hybridized carbons (Fsp3) is 0.636. The molecule has 0 spiro atoms. The lowest BCUT2D eigenvalue weighted by molar-refractivity contribution is -0.153. The number of nitrogens with zero attached hydrogens (tertiary/aromatic N) is 1. The van der Waals surface area contributed by atoms with E-state index < -0.39 is 6.04 Å². The third-order valence-corrected chi connectivity index (χ3v) is 2.57. The summed E-state index contributed by atoms with van der Waals surface area (Å²) in [6, 6.07) is -0.396. The van der Waals surface area contributed by atoms with Crippen LogP contribution >= 0.6 is 0 Å². The van der Waals surface area contributed by atoms with Gasteiger partial charge in [0.15, 0.2) is 0 Å². The van der Waals surface area contributed by atoms with Crippen molar-refractivity contribution >= 4 is 11.9 Å². The summed E-state index contributed by atoms with van der Waals surface area (Å²) in [5, 5.41) is 0. The Hall–Kier alpha value is -1.32. The van der Waals surface area contributed by atoms with E-state index in [-0.39, 0.29) is 11.9 Å². The second-order valence-electron chi connectivity index (χ2n) is 3.57. The van der Waals surface area contributed by atoms with Crippen molar-refractivity contribution in [3.05, 3.63) is 12.2 Å². The van der Waals surface area contributed by atoms with Crippen LogP contribution in [0.25, 0.3) is 0 Å². The third kappa shape index (κ3) is 2.81. The second kappa shape index (κ2) is 5.53. The van der Waals surface area contributed by atoms with Crippen molar-refractivity contribution in [2.75, 3.05) is 13.7 Å². The fourth-order valence-electron chi connectivity index (χ4n) is 1.81. The lowest BCUT2D eigenvalue weighted by atomic mass is 10.0. The normalized spacial score (nSPS) is 21.7. The largest absolute Gasteiger partial charge is 0.467 e. The number of carbonyl (C=O) groups excluding carboxylic acids is 2. The van der Waals surface area contributed by atoms with Crippen molar-refractivity contribution in [1.82, 2.24) is 4.90 Å². The molecule has 4 nitrogen and oxygen atoms in total. The lowest BCUT2D eigenvalue weighted by Gasteiger charge is -2.32. The van der Waals surface area contributed by atoms with E-state index in [9.17, 15) is 9.59 Å². The maximum atomic E-state index is 11.7. The zero-order valence-corrected chi connectivity index (χ0v) is 9.23. The van der Waals surface area contributed by atoms with E-state index in [1.807, 2.05) is 0 Å². The molecular weight excluding hydrogens is 194 g/mol. The van der Waals surface area contributed by atoms with Gasteiger partial charge in [-0.2, -0.15) is 0 Å². The highest BCUT2D eigenvalue weighted by molar-refractivity contribution is 5.91. The number of carbonyl (C=O) groups is 2. The van der Waals surface area contributed by atoms with Gasteiger partial charge in [0.1, 0.15) is 6.04 Å². The first-order valence-electron chi connectivity index (χ1n) is 5.21. The summed E-state index contributed by atoms with van der Waals surface area (Å²) >= 11 is 0. The standard InChI is InChI=1S/C11H17NO3/c1-3-6-10(13)12-8-5-4-7-9(12)11(14)15-2/h3,6,9H,4-5,7-8H2,1-2H3. The van der Waals surface area contributed by atoms with Crippen LogP contribution in [0.1, 0.15) is 26.2 Å². The molecule has 1 aliphatic rings. The van der Waals surface area contributed by atoms with E-state index in [0.29, 0.717) is 13.0 Å². The molecule has 0 N–H and O–H groups in total. The summed E-state index contributed by atoms with van der Waals surface area (Å²) in [7, 11) is 1.36. The molecule has 15 heavy (non-hydrogen) atoms. The summed E-state index contributed by atoms with van der Waals surface area (Å²) in [6.45, 7) is 2.43. The van der Waals surface area contributed by atoms with E-state index in [4.69, 9.17) is 4.74 Å². The van der Waals surface area contributed by atoms with Crippen molar-refractivity contribution in [3.8, 4) is 0 Å². The number of amides is 1. The smallest absolute Gasteiger partial charge is 0.328 e. The Morgan fingerprint density at radius 3 is 2.73 bits per heavy atom. The summed E-state index contributed by atoms with van der Waals surface area (Å²) in [5.74, 6) is -0.417. The SMILES string of the molecule is CC=CC(=O)N1CCCCC1C(=O)OC. The molecule has 1 fully saturated rings. The molecule has 0 aromatic carbocycles. The van der Waals surface area contributed by atoms with Crippen molar-refractivity contribution in [3.63, 3.8) is 0 Å². The van der Waals surface area contributed by atoms with E-state index in [1.54, 1.807) is 17.9 Å². The van der Waals surface area contributed by atoms with Crippen molar-refractivity contribution in [2.45, 2.75) is 32.2 Å². The van der Waals surface area contributed by atoms with Crippen molar-refractivity contribution in [2.24, 2.45) is 0 Å². The summed E-state index contributed by atoms with van der Waals surface area (Å²) in [4.78, 5) is 24.7. The van der Waals surface area contributed by atoms with Gasteiger partial charge in [-0.3, -0.25) is 4.79 Å². The van der Waals surface area contributed by atoms with Crippen LogP contribution in [-0.2, 0) is 14.3 Å². The number of hydrogen-bond acceptors (Lipinski definition) is 3. The molecule has 0 saturated carbocycles. The van der Waals surface area contributed by atoms with Gasteiger partial charge in [0.2, 0.25) is 5.91 Å². The summed E-state index contributed by atoms with van der Waals surface area (Å²) in [5.41, 5.74) is 0. The zero-order valence-electron chi connectivity index (χ0n) is 9.23. The average Bonchev–Trinajstić information content (AvgIpc) is 2.28. The van der Waals surface area contributed by atoms with Gasteiger partial charge >= 0.3 is 5.97 Å². The maximum absolute atomic E-state index is 11.7. The predicted molar refractivity (Wildman–Crippen MR) is 56.2 cm³/mol. The molecule has 1 atom stereocenters. The molecule has 0 aromatic rings. The quantitative estimate of drug-likeness (QED) is 0.508. The number of methoxy groups -OCH3 is 1. The maximum Gasteiger partial charge on any atom is 0.328 e. The number of hydrogen-bond donors (Lipinski definition) is 0. The van der Waals surface area contributed by atoms with Gasteiger partial charge in [-0.1, -0.05) is 6.08 Å². The van der Waals surface area contributed by atoms with E-state index in [1.165, 1.54) is 13.2 Å². The molecule has 1 saturated heterocycles. The number of likely N-dealkylation sites (tertiary alicyclic amines) is 1. The van der Waals surface area contributed by atoms with Crippen LogP contribution in [-0.4, -0.2) is 36.5 Å². The molecule has 1 amide bonds. The Bertz CT molecular complexity index is 273. The zero-order chi connectivity index (χ0) is 11.3. The highest BCUT2D eigenvalue weighted by atomic mass is 16.5. The molecule has 1 unspecified atom stereocenters. The van der Waals surface area contributed by atoms with Crippen LogP contribution in [0, 0.1) is 0 Å². The highest BCUT2D eigenvalue weighted by Crippen LogP contribution is 2.18. The number of allylic oxidation sites excluding steroid dienone is 1. The van der Waals surface area contributed by atoms with Gasteiger partial charge in [0.25, 0.3) is 0 Å². The van der Waals surface area contributed by atoms with Gasteiger partial charge in [-0.25, -0.2) is 4.79 Å². The molecular formula is C11H17NO3. The van der Waals surface area contributed by atoms with Crippen LogP contribution in [0.5, 0.6) is 0 Å². The van der Waals surface area contributed by atoms with Gasteiger partial charge in [0, 0.05) is 6.54 Å². The van der Waals surface area contributed by atoms with Gasteiger partial charge in [-0.05, 0) is 32.3 Å². The van der Waals surface area contributed by atoms with Gasteiger partial charge in [-0.15, -0.1) is 0 Å². The van der Waals surface area contributed by atoms with Crippen molar-refractivity contribution < 1.29 is 14.3 Å². The van der Waals surface area contributed by atoms with Gasteiger partial charge < -0.3 is 9.64 Å². The average molecular weight is 211 g/mol. The molecule has 1 aliphatic heterocycles. The molecule has 84 valence electrons. The van der Waals surface area contributed by atoms with Crippen molar-refractivity contribution in [1.29, 1.82) is 0 Å². The molecule has 0 aliphatic carbocycles. The Labute approximate surface area is 89.9 Å². The van der Waals surface area contributed by atoms with E-state index in [0.717, 1.165) is 12.8 Å². The molecule has 1 rings (SSSR count). The molecule has 4 heteroatoms. The summed E-state index contributed by atoms with van der Waals surface area (Å²) < 4.78 is 4.69. The topological polar surface area (TPSA) is 46.6 Å². The van der Waals surface area contributed by atoms with Crippen LogP contribution in [0.2, 0.25) is 0 Å². The fourth-order valence-corrected chi connectivity index (χ4v) is 1.81. The number of esters is 1. The Kier molecular flexibility index (Phi) is 4.34. The first kappa shape index (κ1) is 11.8. The van der Waals surface area contributed by atoms with E-state index in [2.05, 4.69) is 0 Å². The minimum absolute atomic E-state index is 0.104. The summed E-state index contributed by atoms with van der Waals surface area (Å²) in [6.07, 6.45) is 5.80. The Balaban J connectivity index is 2.73. The first-order valence-corrected chi connectivity index (χ1v) is 5.21. The Morgan fingerprint density at radius 1 is 1.40 bits per heavy atom. The monoisotopic (exact) mass is 211 g/mol. The van der Waals surface area contributed by atoms with Gasteiger partial charge in [0.05, 0.1) is 7.11 Å². The molecule has 0 bridgehead atoms.